The quantitative estimate of drug-likeness (QED) is 0.691. The number of amides is 1. The summed E-state index contributed by atoms with van der Waals surface area (Å²) in [5.74, 6) is 0.273. The van der Waals surface area contributed by atoms with Crippen LogP contribution in [0.15, 0.2) is 44.8 Å². The highest BCUT2D eigenvalue weighted by Gasteiger charge is 2.09. The maximum atomic E-state index is 11.0. The fourth-order valence-electron chi connectivity index (χ4n) is 1.70. The number of aryl methyl sites for hydroxylation is 1. The molecule has 0 aliphatic heterocycles. The lowest BCUT2D eigenvalue weighted by Gasteiger charge is -2.02. The molecule has 0 aliphatic rings. The maximum absolute atomic E-state index is 11.0. The van der Waals surface area contributed by atoms with Crippen molar-refractivity contribution in [2.75, 3.05) is 0 Å². The summed E-state index contributed by atoms with van der Waals surface area (Å²) in [6, 6.07) is 11.1. The number of carbonyl (C=O) groups excluding carboxylic acids is 1. The van der Waals surface area contributed by atoms with E-state index >= 15 is 0 Å². The van der Waals surface area contributed by atoms with Crippen LogP contribution in [0.5, 0.6) is 0 Å². The van der Waals surface area contributed by atoms with Crippen LogP contribution in [0, 0.1) is 18.3 Å². The number of primary amides is 1. The Bertz CT molecular complexity index is 739. The monoisotopic (exact) mass is 330 g/mol. The molecule has 0 bridgehead atoms. The van der Waals surface area contributed by atoms with Crippen LogP contribution in [0.1, 0.15) is 11.3 Å². The van der Waals surface area contributed by atoms with Crippen molar-refractivity contribution in [2.45, 2.75) is 6.92 Å². The fraction of sp³-hybridized carbons (Fsp3) is 0.0667. The van der Waals surface area contributed by atoms with Gasteiger partial charge in [-0.1, -0.05) is 22.0 Å². The van der Waals surface area contributed by atoms with E-state index in [0.29, 0.717) is 11.5 Å². The summed E-state index contributed by atoms with van der Waals surface area (Å²) in [4.78, 5) is 11.0. The van der Waals surface area contributed by atoms with Crippen LogP contribution in [0.3, 0.4) is 0 Å². The number of hydrogen-bond donors (Lipinski definition) is 1. The van der Waals surface area contributed by atoms with Gasteiger partial charge in [0.1, 0.15) is 23.2 Å². The van der Waals surface area contributed by atoms with Crippen LogP contribution in [-0.4, -0.2) is 5.91 Å². The minimum absolute atomic E-state index is 0.145. The Balaban J connectivity index is 2.39. The summed E-state index contributed by atoms with van der Waals surface area (Å²) in [5, 5.41) is 8.79. The third kappa shape index (κ3) is 2.98. The normalized spacial score (nSPS) is 11.2. The molecular weight excluding hydrogens is 320 g/mol. The Morgan fingerprint density at radius 1 is 1.40 bits per heavy atom. The second-order valence-corrected chi connectivity index (χ2v) is 5.07. The van der Waals surface area contributed by atoms with Gasteiger partial charge in [-0.3, -0.25) is 4.79 Å². The number of nitrogens with two attached hydrogens (primary N) is 1. The lowest BCUT2D eigenvalue weighted by molar-refractivity contribution is -0.114. The zero-order chi connectivity index (χ0) is 14.7. The van der Waals surface area contributed by atoms with Gasteiger partial charge in [0, 0.05) is 16.1 Å². The van der Waals surface area contributed by atoms with Crippen molar-refractivity contribution in [2.24, 2.45) is 5.73 Å². The molecule has 5 heteroatoms. The van der Waals surface area contributed by atoms with Crippen LogP contribution in [0.4, 0.5) is 0 Å². The van der Waals surface area contributed by atoms with Gasteiger partial charge in [0.05, 0.1) is 0 Å². The van der Waals surface area contributed by atoms with Crippen molar-refractivity contribution in [1.29, 1.82) is 5.26 Å². The number of hydrogen-bond acceptors (Lipinski definition) is 3. The van der Waals surface area contributed by atoms with E-state index in [1.54, 1.807) is 18.2 Å². The second-order valence-electron chi connectivity index (χ2n) is 4.22. The molecule has 0 fully saturated rings. The van der Waals surface area contributed by atoms with Crippen LogP contribution in [0.2, 0.25) is 0 Å². The number of furan rings is 1. The highest BCUT2D eigenvalue weighted by molar-refractivity contribution is 9.10. The zero-order valence-electron chi connectivity index (χ0n) is 10.7. The molecule has 2 aromatic rings. The van der Waals surface area contributed by atoms with Crippen LogP contribution in [0.25, 0.3) is 17.4 Å². The third-order valence-corrected chi connectivity index (χ3v) is 3.35. The number of benzene rings is 1. The first-order chi connectivity index (χ1) is 9.51. The zero-order valence-corrected chi connectivity index (χ0v) is 12.3. The Morgan fingerprint density at radius 3 is 2.75 bits per heavy atom. The molecule has 0 aliphatic carbocycles. The smallest absolute Gasteiger partial charge is 0.259 e. The molecule has 1 aromatic carbocycles. The molecule has 2 rings (SSSR count). The van der Waals surface area contributed by atoms with Crippen molar-refractivity contribution in [1.82, 2.24) is 0 Å². The highest BCUT2D eigenvalue weighted by Crippen LogP contribution is 2.30. The number of rotatable bonds is 3. The van der Waals surface area contributed by atoms with E-state index in [0.717, 1.165) is 15.6 Å². The van der Waals surface area contributed by atoms with Crippen LogP contribution in [-0.2, 0) is 4.79 Å². The number of nitrogens with zero attached hydrogens (tertiary/aromatic N) is 1. The average molecular weight is 331 g/mol. The van der Waals surface area contributed by atoms with E-state index in [4.69, 9.17) is 15.4 Å². The molecule has 0 radical (unpaired) electrons. The van der Waals surface area contributed by atoms with Gasteiger partial charge >= 0.3 is 0 Å². The van der Waals surface area contributed by atoms with E-state index in [1.807, 2.05) is 25.1 Å². The van der Waals surface area contributed by atoms with Crippen molar-refractivity contribution in [3.63, 3.8) is 0 Å². The molecule has 0 spiro atoms. The molecule has 1 aromatic heterocycles. The van der Waals surface area contributed by atoms with Crippen molar-refractivity contribution >= 4 is 27.9 Å². The van der Waals surface area contributed by atoms with Gasteiger partial charge in [-0.05, 0) is 36.8 Å². The van der Waals surface area contributed by atoms with Crippen LogP contribution < -0.4 is 5.73 Å². The van der Waals surface area contributed by atoms with Crippen molar-refractivity contribution < 1.29 is 9.21 Å². The first-order valence-electron chi connectivity index (χ1n) is 5.79. The highest BCUT2D eigenvalue weighted by atomic mass is 79.9. The number of carbonyl (C=O) groups is 1. The van der Waals surface area contributed by atoms with Crippen molar-refractivity contribution in [3.8, 4) is 17.4 Å². The van der Waals surface area contributed by atoms with E-state index < -0.39 is 5.91 Å². The largest absolute Gasteiger partial charge is 0.457 e. The Kier molecular flexibility index (Phi) is 4.06. The molecular formula is C15H11BrN2O2. The van der Waals surface area contributed by atoms with E-state index in [2.05, 4.69) is 15.9 Å². The molecule has 0 atom stereocenters. The van der Waals surface area contributed by atoms with E-state index in [9.17, 15) is 4.79 Å². The molecule has 0 saturated carbocycles. The van der Waals surface area contributed by atoms with Gasteiger partial charge < -0.3 is 10.2 Å². The molecule has 1 heterocycles. The second kappa shape index (κ2) is 5.76. The van der Waals surface area contributed by atoms with Crippen molar-refractivity contribution in [3.05, 3.63) is 51.7 Å². The van der Waals surface area contributed by atoms with Gasteiger partial charge in [0.2, 0.25) is 0 Å². The number of nitriles is 1. The predicted octanol–water partition coefficient (Wildman–Crippen LogP) is 3.41. The van der Waals surface area contributed by atoms with Gasteiger partial charge in [-0.2, -0.15) is 5.26 Å². The molecule has 0 unspecified atom stereocenters. The summed E-state index contributed by atoms with van der Waals surface area (Å²) in [6.07, 6.45) is 1.33. The number of halogens is 1. The van der Waals surface area contributed by atoms with Gasteiger partial charge in [0.25, 0.3) is 5.91 Å². The lowest BCUT2D eigenvalue weighted by atomic mass is 10.1. The summed E-state index contributed by atoms with van der Waals surface area (Å²) < 4.78 is 6.52. The molecule has 20 heavy (non-hydrogen) atoms. The first-order valence-corrected chi connectivity index (χ1v) is 6.58. The topological polar surface area (TPSA) is 80.0 Å². The Labute approximate surface area is 124 Å². The Morgan fingerprint density at radius 2 is 2.15 bits per heavy atom. The maximum Gasteiger partial charge on any atom is 0.259 e. The van der Waals surface area contributed by atoms with Gasteiger partial charge in [0.15, 0.2) is 0 Å². The Hall–Kier alpha value is -2.32. The predicted molar refractivity (Wildman–Crippen MR) is 79.4 cm³/mol. The first kappa shape index (κ1) is 14.1. The lowest BCUT2D eigenvalue weighted by Crippen LogP contribution is -2.12. The minimum Gasteiger partial charge on any atom is -0.457 e. The standard InChI is InChI=1S/C15H11BrN2O2/c1-9-2-4-12(13(16)6-9)14-5-3-11(20-14)7-10(8-17)15(18)19/h2-7H,1H3,(H2,18,19). The molecule has 2 N–H and O–H groups in total. The van der Waals surface area contributed by atoms with E-state index in [-0.39, 0.29) is 5.57 Å². The SMILES string of the molecule is Cc1ccc(-c2ccc(C=C(C#N)C(N)=O)o2)c(Br)c1. The molecule has 1 amide bonds. The third-order valence-electron chi connectivity index (χ3n) is 2.69. The average Bonchev–Trinajstić information content (AvgIpc) is 2.83. The molecule has 100 valence electrons. The summed E-state index contributed by atoms with van der Waals surface area (Å²) in [7, 11) is 0. The summed E-state index contributed by atoms with van der Waals surface area (Å²) in [5.41, 5.74) is 6.96. The summed E-state index contributed by atoms with van der Waals surface area (Å²) in [6.45, 7) is 2.00. The minimum atomic E-state index is -0.776. The van der Waals surface area contributed by atoms with Gasteiger partial charge in [-0.15, -0.1) is 0 Å². The molecule has 0 saturated heterocycles. The van der Waals surface area contributed by atoms with E-state index in [1.165, 1.54) is 6.08 Å². The van der Waals surface area contributed by atoms with Crippen LogP contribution >= 0.6 is 15.9 Å². The fourth-order valence-corrected chi connectivity index (χ4v) is 2.38. The molecule has 4 nitrogen and oxygen atoms in total. The summed E-state index contributed by atoms with van der Waals surface area (Å²) >= 11 is 3.48. The van der Waals surface area contributed by atoms with Gasteiger partial charge in [-0.25, -0.2) is 0 Å².